The van der Waals surface area contributed by atoms with Gasteiger partial charge in [0.1, 0.15) is 11.9 Å². The maximum absolute atomic E-state index is 11.0. The van der Waals surface area contributed by atoms with Crippen molar-refractivity contribution in [1.82, 2.24) is 5.32 Å². The Hall–Kier alpha value is -2.49. The van der Waals surface area contributed by atoms with Crippen LogP contribution in [0.2, 0.25) is 0 Å². The largest absolute Gasteiger partial charge is 0.497 e. The minimum Gasteiger partial charge on any atom is -0.497 e. The maximum atomic E-state index is 11.0. The Kier molecular flexibility index (Phi) is 3.29. The summed E-state index contributed by atoms with van der Waals surface area (Å²) in [4.78, 5) is 11.0. The van der Waals surface area contributed by atoms with Crippen molar-refractivity contribution in [1.29, 1.82) is 0 Å². The molecule has 0 aliphatic carbocycles. The molecule has 0 aromatic heterocycles. The number of hydrogen-bond acceptors (Lipinski definition) is 3. The van der Waals surface area contributed by atoms with Gasteiger partial charge in [-0.2, -0.15) is 0 Å². The van der Waals surface area contributed by atoms with E-state index in [1.807, 2.05) is 48.5 Å². The number of carbonyl (C=O) groups excluding carboxylic acids is 1. The number of ether oxygens (including phenoxy) is 2. The molecular weight excluding hydrogens is 254 g/mol. The molecule has 1 heterocycles. The van der Waals surface area contributed by atoms with Crippen LogP contribution in [0.15, 0.2) is 48.5 Å². The van der Waals surface area contributed by atoms with Crippen LogP contribution in [0.4, 0.5) is 4.79 Å². The van der Waals surface area contributed by atoms with Crippen molar-refractivity contribution in [2.45, 2.75) is 6.10 Å². The van der Waals surface area contributed by atoms with Gasteiger partial charge in [-0.3, -0.25) is 0 Å². The summed E-state index contributed by atoms with van der Waals surface area (Å²) < 4.78 is 10.3. The lowest BCUT2D eigenvalue weighted by molar-refractivity contribution is 0.141. The highest BCUT2D eigenvalue weighted by Crippen LogP contribution is 2.26. The number of amides is 1. The van der Waals surface area contributed by atoms with Crippen LogP contribution in [0.25, 0.3) is 11.1 Å². The molecule has 1 aliphatic heterocycles. The molecule has 1 N–H and O–H groups in total. The molecule has 0 saturated carbocycles. The van der Waals surface area contributed by atoms with E-state index in [2.05, 4.69) is 5.32 Å². The normalized spacial score (nSPS) is 17.4. The predicted octanol–water partition coefficient (Wildman–Crippen LogP) is 3.14. The Labute approximate surface area is 117 Å². The average molecular weight is 269 g/mol. The fourth-order valence-corrected chi connectivity index (χ4v) is 2.25. The summed E-state index contributed by atoms with van der Waals surface area (Å²) in [7, 11) is 1.65. The highest BCUT2D eigenvalue weighted by molar-refractivity contribution is 5.70. The molecule has 2 aromatic carbocycles. The molecule has 4 nitrogen and oxygen atoms in total. The Bertz CT molecular complexity index is 605. The molecule has 1 aliphatic rings. The third-order valence-corrected chi connectivity index (χ3v) is 3.39. The van der Waals surface area contributed by atoms with Gasteiger partial charge in [0.05, 0.1) is 13.7 Å². The van der Waals surface area contributed by atoms with E-state index in [0.29, 0.717) is 6.54 Å². The van der Waals surface area contributed by atoms with E-state index < -0.39 is 0 Å². The van der Waals surface area contributed by atoms with Crippen molar-refractivity contribution in [2.24, 2.45) is 0 Å². The van der Waals surface area contributed by atoms with Crippen LogP contribution in [0.3, 0.4) is 0 Å². The van der Waals surface area contributed by atoms with Gasteiger partial charge in [-0.1, -0.05) is 36.4 Å². The second-order valence-corrected chi connectivity index (χ2v) is 4.63. The SMILES string of the molecule is COc1ccc(-c2ccc(C3CNC(=O)O3)cc2)cc1. The van der Waals surface area contributed by atoms with E-state index >= 15 is 0 Å². The van der Waals surface area contributed by atoms with Gasteiger partial charge in [0.15, 0.2) is 0 Å². The third-order valence-electron chi connectivity index (χ3n) is 3.39. The number of nitrogens with one attached hydrogen (secondary N) is 1. The van der Waals surface area contributed by atoms with E-state index in [4.69, 9.17) is 9.47 Å². The van der Waals surface area contributed by atoms with Crippen molar-refractivity contribution in [3.8, 4) is 16.9 Å². The molecule has 20 heavy (non-hydrogen) atoms. The first-order valence-electron chi connectivity index (χ1n) is 6.45. The zero-order valence-corrected chi connectivity index (χ0v) is 11.1. The predicted molar refractivity (Wildman–Crippen MR) is 75.7 cm³/mol. The molecule has 0 bridgehead atoms. The lowest BCUT2D eigenvalue weighted by atomic mass is 10.0. The zero-order chi connectivity index (χ0) is 13.9. The number of benzene rings is 2. The van der Waals surface area contributed by atoms with Crippen LogP contribution < -0.4 is 10.1 Å². The summed E-state index contributed by atoms with van der Waals surface area (Å²) >= 11 is 0. The van der Waals surface area contributed by atoms with Crippen LogP contribution in [-0.4, -0.2) is 19.7 Å². The molecule has 3 rings (SSSR count). The Morgan fingerprint density at radius 3 is 2.15 bits per heavy atom. The zero-order valence-electron chi connectivity index (χ0n) is 11.1. The summed E-state index contributed by atoms with van der Waals surface area (Å²) in [6.45, 7) is 0.528. The lowest BCUT2D eigenvalue weighted by Crippen LogP contribution is -2.12. The number of rotatable bonds is 3. The van der Waals surface area contributed by atoms with Crippen molar-refractivity contribution >= 4 is 6.09 Å². The van der Waals surface area contributed by atoms with Gasteiger partial charge in [-0.05, 0) is 28.8 Å². The van der Waals surface area contributed by atoms with Gasteiger partial charge < -0.3 is 14.8 Å². The van der Waals surface area contributed by atoms with Crippen LogP contribution in [0.1, 0.15) is 11.7 Å². The van der Waals surface area contributed by atoms with Gasteiger partial charge in [-0.25, -0.2) is 4.79 Å². The van der Waals surface area contributed by atoms with Gasteiger partial charge in [0, 0.05) is 0 Å². The third kappa shape index (κ3) is 2.45. The van der Waals surface area contributed by atoms with Crippen molar-refractivity contribution in [3.63, 3.8) is 0 Å². The van der Waals surface area contributed by atoms with E-state index in [1.54, 1.807) is 7.11 Å². The summed E-state index contributed by atoms with van der Waals surface area (Å²) in [6.07, 6.45) is -0.540. The lowest BCUT2D eigenvalue weighted by Gasteiger charge is -2.09. The quantitative estimate of drug-likeness (QED) is 0.931. The fourth-order valence-electron chi connectivity index (χ4n) is 2.25. The minimum atomic E-state index is -0.353. The summed E-state index contributed by atoms with van der Waals surface area (Å²) in [5.41, 5.74) is 3.24. The Morgan fingerprint density at radius 1 is 1.05 bits per heavy atom. The fraction of sp³-hybridized carbons (Fsp3) is 0.188. The number of hydrogen-bond donors (Lipinski definition) is 1. The molecule has 2 aromatic rings. The Morgan fingerprint density at radius 2 is 1.65 bits per heavy atom. The molecule has 1 fully saturated rings. The molecular formula is C16H15NO3. The van der Waals surface area contributed by atoms with Gasteiger partial charge in [-0.15, -0.1) is 0 Å². The number of alkyl carbamates (subject to hydrolysis) is 1. The molecule has 0 spiro atoms. The second-order valence-electron chi connectivity index (χ2n) is 4.63. The summed E-state index contributed by atoms with van der Waals surface area (Å²) in [5, 5.41) is 2.65. The van der Waals surface area contributed by atoms with Crippen LogP contribution in [0, 0.1) is 0 Å². The van der Waals surface area contributed by atoms with Crippen LogP contribution in [-0.2, 0) is 4.74 Å². The van der Waals surface area contributed by atoms with Crippen molar-refractivity contribution in [2.75, 3.05) is 13.7 Å². The van der Waals surface area contributed by atoms with Crippen LogP contribution >= 0.6 is 0 Å². The minimum absolute atomic E-state index is 0.188. The summed E-state index contributed by atoms with van der Waals surface area (Å²) in [5.74, 6) is 0.842. The number of methoxy groups -OCH3 is 1. The maximum Gasteiger partial charge on any atom is 0.407 e. The van der Waals surface area contributed by atoms with Crippen LogP contribution in [0.5, 0.6) is 5.75 Å². The van der Waals surface area contributed by atoms with E-state index in [9.17, 15) is 4.79 Å². The van der Waals surface area contributed by atoms with Gasteiger partial charge >= 0.3 is 6.09 Å². The molecule has 1 unspecified atom stereocenters. The number of cyclic esters (lactones) is 1. The molecule has 102 valence electrons. The van der Waals surface area contributed by atoms with Crippen molar-refractivity contribution in [3.05, 3.63) is 54.1 Å². The first-order chi connectivity index (χ1) is 9.76. The van der Waals surface area contributed by atoms with E-state index in [1.165, 1.54) is 0 Å². The molecule has 1 amide bonds. The highest BCUT2D eigenvalue weighted by atomic mass is 16.6. The monoisotopic (exact) mass is 269 g/mol. The number of carbonyl (C=O) groups is 1. The van der Waals surface area contributed by atoms with Crippen molar-refractivity contribution < 1.29 is 14.3 Å². The second kappa shape index (κ2) is 5.25. The summed E-state index contributed by atoms with van der Waals surface area (Å²) in [6, 6.07) is 16.0. The smallest absolute Gasteiger partial charge is 0.407 e. The molecule has 0 radical (unpaired) electrons. The van der Waals surface area contributed by atoms with Gasteiger partial charge in [0.25, 0.3) is 0 Å². The first-order valence-corrected chi connectivity index (χ1v) is 6.45. The molecule has 4 heteroatoms. The highest BCUT2D eigenvalue weighted by Gasteiger charge is 2.23. The van der Waals surface area contributed by atoms with Gasteiger partial charge in [0.2, 0.25) is 0 Å². The standard InChI is InChI=1S/C16H15NO3/c1-19-14-8-6-12(7-9-14)11-2-4-13(5-3-11)15-10-17-16(18)20-15/h2-9,15H,10H2,1H3,(H,17,18). The Balaban J connectivity index is 1.79. The first kappa shape index (κ1) is 12.5. The van der Waals surface area contributed by atoms with E-state index in [0.717, 1.165) is 22.4 Å². The van der Waals surface area contributed by atoms with E-state index in [-0.39, 0.29) is 12.2 Å². The molecule has 1 saturated heterocycles. The molecule has 1 atom stereocenters. The average Bonchev–Trinajstić information content (AvgIpc) is 2.94. The topological polar surface area (TPSA) is 47.6 Å².